The minimum atomic E-state index is -3.02. The summed E-state index contributed by atoms with van der Waals surface area (Å²) in [6.07, 6.45) is 1.36. The summed E-state index contributed by atoms with van der Waals surface area (Å²) in [5.74, 6) is 0.171. The topological polar surface area (TPSA) is 118 Å². The Morgan fingerprint density at radius 3 is 2.73 bits per heavy atom. The fourth-order valence-corrected chi connectivity index (χ4v) is 6.85. The molecule has 0 unspecified atom stereocenters. The average Bonchev–Trinajstić information content (AvgIpc) is 3.16. The Labute approximate surface area is 165 Å². The zero-order valence-electron chi connectivity index (χ0n) is 14.6. The van der Waals surface area contributed by atoms with Gasteiger partial charge in [0.25, 0.3) is 0 Å². The SMILES string of the molecule is CCCNC(=O)CSc1nnc(S[C@H](C)C(=O)N[C@H]2CCS(=O)(=O)C2)s1. The van der Waals surface area contributed by atoms with Crippen LogP contribution in [0.25, 0.3) is 0 Å². The van der Waals surface area contributed by atoms with Gasteiger partial charge >= 0.3 is 0 Å². The molecule has 2 rings (SSSR count). The van der Waals surface area contributed by atoms with E-state index < -0.39 is 15.1 Å². The summed E-state index contributed by atoms with van der Waals surface area (Å²) < 4.78 is 24.2. The molecule has 0 radical (unpaired) electrons. The number of amides is 2. The normalized spacial score (nSPS) is 19.8. The molecule has 1 fully saturated rings. The highest BCUT2D eigenvalue weighted by molar-refractivity contribution is 8.04. The number of hydrogen-bond donors (Lipinski definition) is 2. The monoisotopic (exact) mass is 438 g/mol. The summed E-state index contributed by atoms with van der Waals surface area (Å²) in [6, 6.07) is -0.308. The summed E-state index contributed by atoms with van der Waals surface area (Å²) in [6.45, 7) is 4.39. The zero-order valence-corrected chi connectivity index (χ0v) is 17.8. The fraction of sp³-hybridized carbons (Fsp3) is 0.714. The highest BCUT2D eigenvalue weighted by Crippen LogP contribution is 2.31. The minimum absolute atomic E-state index is 0.00974. The van der Waals surface area contributed by atoms with Gasteiger partial charge in [0.15, 0.2) is 18.5 Å². The number of carbonyl (C=O) groups excluding carboxylic acids is 2. The maximum Gasteiger partial charge on any atom is 0.233 e. The van der Waals surface area contributed by atoms with E-state index in [-0.39, 0.29) is 35.1 Å². The molecule has 1 saturated heterocycles. The van der Waals surface area contributed by atoms with Gasteiger partial charge < -0.3 is 10.6 Å². The van der Waals surface area contributed by atoms with Gasteiger partial charge in [0.05, 0.1) is 22.5 Å². The Morgan fingerprint density at radius 1 is 1.35 bits per heavy atom. The molecule has 1 aromatic heterocycles. The lowest BCUT2D eigenvalue weighted by molar-refractivity contribution is -0.121. The lowest BCUT2D eigenvalue weighted by Gasteiger charge is -2.14. The van der Waals surface area contributed by atoms with E-state index in [0.29, 0.717) is 21.6 Å². The van der Waals surface area contributed by atoms with Crippen LogP contribution in [0.5, 0.6) is 0 Å². The van der Waals surface area contributed by atoms with Crippen LogP contribution in [0.1, 0.15) is 26.7 Å². The van der Waals surface area contributed by atoms with Gasteiger partial charge in [-0.3, -0.25) is 9.59 Å². The molecular weight excluding hydrogens is 416 g/mol. The molecule has 2 heterocycles. The van der Waals surface area contributed by atoms with E-state index in [2.05, 4.69) is 20.8 Å². The second-order valence-electron chi connectivity index (χ2n) is 5.84. The number of thioether (sulfide) groups is 2. The first-order valence-corrected chi connectivity index (χ1v) is 12.7. The molecule has 0 saturated carbocycles. The van der Waals surface area contributed by atoms with Gasteiger partial charge in [0.2, 0.25) is 11.8 Å². The molecule has 2 amide bonds. The fourth-order valence-electron chi connectivity index (χ4n) is 2.18. The maximum atomic E-state index is 12.2. The van der Waals surface area contributed by atoms with Crippen molar-refractivity contribution in [2.75, 3.05) is 23.8 Å². The number of nitrogens with one attached hydrogen (secondary N) is 2. The van der Waals surface area contributed by atoms with E-state index in [4.69, 9.17) is 0 Å². The third-order valence-corrected chi connectivity index (χ3v) is 8.52. The molecule has 0 aromatic carbocycles. The summed E-state index contributed by atoms with van der Waals surface area (Å²) in [4.78, 5) is 23.8. The van der Waals surface area contributed by atoms with Crippen molar-refractivity contribution in [3.8, 4) is 0 Å². The number of nitrogens with zero attached hydrogens (tertiary/aromatic N) is 2. The van der Waals surface area contributed by atoms with Gasteiger partial charge in [0.1, 0.15) is 0 Å². The van der Waals surface area contributed by atoms with Crippen LogP contribution < -0.4 is 10.6 Å². The van der Waals surface area contributed by atoms with Crippen LogP contribution in [-0.4, -0.2) is 65.5 Å². The van der Waals surface area contributed by atoms with Gasteiger partial charge in [-0.25, -0.2) is 8.42 Å². The van der Waals surface area contributed by atoms with Crippen LogP contribution in [0, 0.1) is 0 Å². The van der Waals surface area contributed by atoms with Crippen LogP contribution in [0.2, 0.25) is 0 Å². The smallest absolute Gasteiger partial charge is 0.233 e. The molecule has 8 nitrogen and oxygen atoms in total. The molecule has 1 aromatic rings. The molecule has 1 aliphatic rings. The zero-order chi connectivity index (χ0) is 19.2. The molecule has 0 aliphatic carbocycles. The molecule has 12 heteroatoms. The first-order valence-electron chi connectivity index (χ1n) is 8.19. The van der Waals surface area contributed by atoms with Crippen molar-refractivity contribution >= 4 is 56.5 Å². The van der Waals surface area contributed by atoms with E-state index in [0.717, 1.165) is 6.42 Å². The predicted octanol–water partition coefficient (Wildman–Crippen LogP) is 0.940. The van der Waals surface area contributed by atoms with Crippen molar-refractivity contribution in [1.82, 2.24) is 20.8 Å². The molecule has 1 aliphatic heterocycles. The van der Waals surface area contributed by atoms with E-state index in [1.165, 1.54) is 34.9 Å². The quantitative estimate of drug-likeness (QED) is 0.547. The number of aromatic nitrogens is 2. The first kappa shape index (κ1) is 21.5. The second-order valence-corrected chi connectivity index (χ2v) is 11.9. The van der Waals surface area contributed by atoms with Crippen LogP contribution >= 0.6 is 34.9 Å². The van der Waals surface area contributed by atoms with Crippen molar-refractivity contribution < 1.29 is 18.0 Å². The van der Waals surface area contributed by atoms with Gasteiger partial charge in [-0.2, -0.15) is 0 Å². The average molecular weight is 439 g/mol. The van der Waals surface area contributed by atoms with E-state index in [1.54, 1.807) is 6.92 Å². The summed E-state index contributed by atoms with van der Waals surface area (Å²) in [5.41, 5.74) is 0. The summed E-state index contributed by atoms with van der Waals surface area (Å²) in [5, 5.41) is 13.2. The largest absolute Gasteiger partial charge is 0.355 e. The molecule has 146 valence electrons. The van der Waals surface area contributed by atoms with Crippen molar-refractivity contribution in [3.63, 3.8) is 0 Å². The molecule has 0 bridgehead atoms. The van der Waals surface area contributed by atoms with Gasteiger partial charge in [-0.15, -0.1) is 10.2 Å². The minimum Gasteiger partial charge on any atom is -0.355 e. The third-order valence-electron chi connectivity index (χ3n) is 3.51. The summed E-state index contributed by atoms with van der Waals surface area (Å²) in [7, 11) is -3.02. The highest BCUT2D eigenvalue weighted by atomic mass is 32.2. The Hall–Kier alpha value is -0.850. The second kappa shape index (κ2) is 9.90. The van der Waals surface area contributed by atoms with Gasteiger partial charge in [0, 0.05) is 12.6 Å². The summed E-state index contributed by atoms with van der Waals surface area (Å²) >= 11 is 3.92. The maximum absolute atomic E-state index is 12.2. The number of sulfone groups is 1. The Morgan fingerprint density at radius 2 is 2.08 bits per heavy atom. The van der Waals surface area contributed by atoms with Gasteiger partial charge in [-0.05, 0) is 19.8 Å². The predicted molar refractivity (Wildman–Crippen MR) is 104 cm³/mol. The van der Waals surface area contributed by atoms with Crippen LogP contribution in [0.3, 0.4) is 0 Å². The van der Waals surface area contributed by atoms with E-state index in [1.807, 2.05) is 6.92 Å². The van der Waals surface area contributed by atoms with Crippen molar-refractivity contribution in [3.05, 3.63) is 0 Å². The number of carbonyl (C=O) groups is 2. The molecule has 2 N–H and O–H groups in total. The van der Waals surface area contributed by atoms with Crippen molar-refractivity contribution in [2.45, 2.75) is 46.7 Å². The number of rotatable bonds is 9. The third kappa shape index (κ3) is 7.05. The van der Waals surface area contributed by atoms with Gasteiger partial charge in [-0.1, -0.05) is 41.8 Å². The van der Waals surface area contributed by atoms with Crippen molar-refractivity contribution in [1.29, 1.82) is 0 Å². The Kier molecular flexibility index (Phi) is 8.17. The van der Waals surface area contributed by atoms with E-state index in [9.17, 15) is 18.0 Å². The standard InChI is InChI=1S/C14H22N4O4S4/c1-3-5-15-11(19)7-23-13-17-18-14(25-13)24-9(2)12(20)16-10-4-6-26(21,22)8-10/h9-10H,3-8H2,1-2H3,(H,15,19)(H,16,20)/t9-,10+/m1/s1. The van der Waals surface area contributed by atoms with Crippen LogP contribution in [0.15, 0.2) is 8.68 Å². The first-order chi connectivity index (χ1) is 12.3. The molecule has 26 heavy (non-hydrogen) atoms. The van der Waals surface area contributed by atoms with Crippen molar-refractivity contribution in [2.24, 2.45) is 0 Å². The number of hydrogen-bond acceptors (Lipinski definition) is 9. The lowest BCUT2D eigenvalue weighted by Crippen LogP contribution is -2.39. The van der Waals surface area contributed by atoms with E-state index >= 15 is 0 Å². The molecular formula is C14H22N4O4S4. The molecule has 2 atom stereocenters. The van der Waals surface area contributed by atoms with Crippen LogP contribution in [0.4, 0.5) is 0 Å². The Balaban J connectivity index is 1.76. The lowest BCUT2D eigenvalue weighted by atomic mass is 10.2. The van der Waals surface area contributed by atoms with Crippen LogP contribution in [-0.2, 0) is 19.4 Å². The molecule has 0 spiro atoms. The Bertz CT molecular complexity index is 737. The highest BCUT2D eigenvalue weighted by Gasteiger charge is 2.30.